The molecule has 0 bridgehead atoms. The zero-order chi connectivity index (χ0) is 23.4. The number of nitrogens with zero attached hydrogens (tertiary/aromatic N) is 1. The predicted molar refractivity (Wildman–Crippen MR) is 136 cm³/mol. The van der Waals surface area contributed by atoms with Crippen LogP contribution in [0.1, 0.15) is 19.4 Å². The number of likely N-dealkylation sites (N-methyl/N-ethyl adjacent to an activating group) is 1. The van der Waals surface area contributed by atoms with Crippen LogP contribution in [-0.4, -0.2) is 44.6 Å². The van der Waals surface area contributed by atoms with E-state index < -0.39 is 0 Å². The Balaban J connectivity index is 1.77. The highest BCUT2D eigenvalue weighted by Crippen LogP contribution is 2.39. The van der Waals surface area contributed by atoms with E-state index in [4.69, 9.17) is 9.15 Å². The van der Waals surface area contributed by atoms with E-state index in [1.54, 1.807) is 12.3 Å². The van der Waals surface area contributed by atoms with Gasteiger partial charge in [-0.05, 0) is 55.9 Å². The molecule has 1 heterocycles. The number of fused-ring (bicyclic) bond motifs is 2. The highest BCUT2D eigenvalue weighted by atomic mass is 16.5. The summed E-state index contributed by atoms with van der Waals surface area (Å²) in [6.07, 6.45) is 3.44. The Hall–Kier alpha value is -3.57. The number of benzene rings is 3. The summed E-state index contributed by atoms with van der Waals surface area (Å²) in [5, 5.41) is 6.28. The summed E-state index contributed by atoms with van der Waals surface area (Å²) in [6, 6.07) is 18.6. The zero-order valence-corrected chi connectivity index (χ0v) is 19.6. The zero-order valence-electron chi connectivity index (χ0n) is 19.6. The van der Waals surface area contributed by atoms with E-state index >= 15 is 0 Å². The number of carbonyl (C=O) groups is 1. The van der Waals surface area contributed by atoms with Gasteiger partial charge in [0.2, 0.25) is 5.91 Å². The monoisotopic (exact) mass is 442 g/mol. The summed E-state index contributed by atoms with van der Waals surface area (Å²) in [4.78, 5) is 14.5. The number of carbonyl (C=O) groups excluding carboxylic acids is 1. The lowest BCUT2D eigenvalue weighted by Crippen LogP contribution is -2.30. The summed E-state index contributed by atoms with van der Waals surface area (Å²) >= 11 is 0. The Labute approximate surface area is 194 Å². The molecule has 0 saturated carbocycles. The van der Waals surface area contributed by atoms with Crippen LogP contribution in [0.3, 0.4) is 0 Å². The maximum absolute atomic E-state index is 12.5. The number of furan rings is 1. The highest BCUT2D eigenvalue weighted by molar-refractivity contribution is 6.06. The maximum atomic E-state index is 12.5. The molecule has 0 aliphatic heterocycles. The molecule has 0 spiro atoms. The van der Waals surface area contributed by atoms with Crippen molar-refractivity contribution < 1.29 is 13.9 Å². The molecule has 0 aliphatic carbocycles. The van der Waals surface area contributed by atoms with Crippen LogP contribution in [0.15, 0.2) is 71.4 Å². The molecule has 4 aromatic rings. The molecule has 3 aromatic carbocycles. The minimum atomic E-state index is -0.113. The van der Waals surface area contributed by atoms with Crippen LogP contribution in [-0.2, 0) is 4.79 Å². The molecule has 0 saturated heterocycles. The van der Waals surface area contributed by atoms with Crippen molar-refractivity contribution in [2.24, 2.45) is 0 Å². The van der Waals surface area contributed by atoms with Crippen molar-refractivity contribution >= 4 is 33.2 Å². The number of ether oxygens (including phenoxy) is 1. The summed E-state index contributed by atoms with van der Waals surface area (Å²) in [5.41, 5.74) is 4.62. The van der Waals surface area contributed by atoms with E-state index in [0.29, 0.717) is 18.9 Å². The van der Waals surface area contributed by atoms with Crippen LogP contribution >= 0.6 is 0 Å². The van der Waals surface area contributed by atoms with Crippen LogP contribution in [0.4, 0.5) is 0 Å². The normalized spacial score (nSPS) is 12.0. The van der Waals surface area contributed by atoms with Gasteiger partial charge in [-0.1, -0.05) is 42.5 Å². The molecule has 4 rings (SSSR count). The van der Waals surface area contributed by atoms with E-state index in [9.17, 15) is 4.79 Å². The maximum Gasteiger partial charge on any atom is 0.244 e. The lowest BCUT2D eigenvalue weighted by Gasteiger charge is -2.13. The average Bonchev–Trinajstić information content (AvgIpc) is 3.20. The molecule has 5 nitrogen and oxygen atoms in total. The van der Waals surface area contributed by atoms with Gasteiger partial charge >= 0.3 is 0 Å². The summed E-state index contributed by atoms with van der Waals surface area (Å²) in [6.45, 7) is 5.80. The van der Waals surface area contributed by atoms with Gasteiger partial charge in [0, 0.05) is 41.7 Å². The van der Waals surface area contributed by atoms with Gasteiger partial charge < -0.3 is 19.4 Å². The lowest BCUT2D eigenvalue weighted by molar-refractivity contribution is -0.116. The lowest BCUT2D eigenvalue weighted by atomic mass is 9.96. The van der Waals surface area contributed by atoms with Crippen LogP contribution < -0.4 is 10.1 Å². The highest BCUT2D eigenvalue weighted by Gasteiger charge is 2.16. The third-order valence-corrected chi connectivity index (χ3v) is 5.69. The Morgan fingerprint density at radius 3 is 2.64 bits per heavy atom. The van der Waals surface area contributed by atoms with E-state index in [1.165, 1.54) is 10.8 Å². The van der Waals surface area contributed by atoms with Crippen LogP contribution in [0, 0.1) is 0 Å². The molecule has 1 aromatic heterocycles. The fourth-order valence-corrected chi connectivity index (χ4v) is 4.04. The predicted octanol–water partition coefficient (Wildman–Crippen LogP) is 5.73. The molecule has 0 aliphatic rings. The second-order valence-electron chi connectivity index (χ2n) is 8.38. The number of rotatable bonds is 8. The number of amides is 1. The van der Waals surface area contributed by atoms with E-state index in [2.05, 4.69) is 47.8 Å². The SMILES string of the molecule is CCOc1cc2occ(-c3cccc4ccccc34)c2cc1/C(C)=C/C(=O)NCCN(C)C. The number of nitrogens with one attached hydrogen (secondary N) is 1. The van der Waals surface area contributed by atoms with Gasteiger partial charge in [-0.25, -0.2) is 0 Å². The standard InChI is InChI=1S/C28H30N2O3/c1-5-32-26-17-27-24(16-23(26)19(2)15-28(31)29-13-14-30(3)4)25(18-33-27)22-12-8-10-20-9-6-7-11-21(20)22/h6-12,15-18H,5,13-14H2,1-4H3,(H,29,31)/b19-15+. The van der Waals surface area contributed by atoms with Crippen molar-refractivity contribution in [2.75, 3.05) is 33.8 Å². The Kier molecular flexibility index (Phi) is 6.80. The topological polar surface area (TPSA) is 54.7 Å². The summed E-state index contributed by atoms with van der Waals surface area (Å²) in [7, 11) is 3.96. The van der Waals surface area contributed by atoms with E-state index in [0.717, 1.165) is 39.8 Å². The van der Waals surface area contributed by atoms with Gasteiger partial charge in [0.05, 0.1) is 12.9 Å². The number of hydrogen-bond acceptors (Lipinski definition) is 4. The molecule has 0 fully saturated rings. The number of allylic oxidation sites excluding steroid dienone is 1. The molecule has 5 heteroatoms. The summed E-state index contributed by atoms with van der Waals surface area (Å²) in [5.74, 6) is 0.594. The Morgan fingerprint density at radius 2 is 1.85 bits per heavy atom. The van der Waals surface area contributed by atoms with Gasteiger partial charge in [0.25, 0.3) is 0 Å². The first-order chi connectivity index (χ1) is 16.0. The van der Waals surface area contributed by atoms with Crippen molar-refractivity contribution in [3.63, 3.8) is 0 Å². The second kappa shape index (κ2) is 9.92. The smallest absolute Gasteiger partial charge is 0.244 e. The van der Waals surface area contributed by atoms with Gasteiger partial charge in [0.15, 0.2) is 0 Å². The average molecular weight is 443 g/mol. The Morgan fingerprint density at radius 1 is 1.06 bits per heavy atom. The van der Waals surface area contributed by atoms with Crippen molar-refractivity contribution in [3.8, 4) is 16.9 Å². The van der Waals surface area contributed by atoms with E-state index in [-0.39, 0.29) is 5.91 Å². The largest absolute Gasteiger partial charge is 0.493 e. The van der Waals surface area contributed by atoms with Crippen LogP contribution in [0.5, 0.6) is 5.75 Å². The first-order valence-electron chi connectivity index (χ1n) is 11.3. The van der Waals surface area contributed by atoms with Crippen LogP contribution in [0.2, 0.25) is 0 Å². The molecule has 33 heavy (non-hydrogen) atoms. The van der Waals surface area contributed by atoms with Gasteiger partial charge in [-0.3, -0.25) is 4.79 Å². The fraction of sp³-hybridized carbons (Fsp3) is 0.250. The summed E-state index contributed by atoms with van der Waals surface area (Å²) < 4.78 is 11.9. The van der Waals surface area contributed by atoms with Crippen molar-refractivity contribution in [1.82, 2.24) is 10.2 Å². The second-order valence-corrected chi connectivity index (χ2v) is 8.38. The quantitative estimate of drug-likeness (QED) is 0.354. The van der Waals surface area contributed by atoms with E-state index in [1.807, 2.05) is 45.0 Å². The molecule has 1 N–H and O–H groups in total. The Bertz CT molecular complexity index is 1310. The fourth-order valence-electron chi connectivity index (χ4n) is 4.04. The van der Waals surface area contributed by atoms with Crippen molar-refractivity contribution in [2.45, 2.75) is 13.8 Å². The minimum absolute atomic E-state index is 0.113. The molecule has 0 atom stereocenters. The van der Waals surface area contributed by atoms with Crippen molar-refractivity contribution in [1.29, 1.82) is 0 Å². The van der Waals surface area contributed by atoms with Crippen molar-refractivity contribution in [3.05, 3.63) is 72.5 Å². The first kappa shape index (κ1) is 22.6. The third kappa shape index (κ3) is 4.94. The molecule has 0 unspecified atom stereocenters. The van der Waals surface area contributed by atoms with Gasteiger partial charge in [-0.2, -0.15) is 0 Å². The molecule has 1 amide bonds. The molecular formula is C28H30N2O3. The van der Waals surface area contributed by atoms with Crippen LogP contribution in [0.25, 0.3) is 38.4 Å². The molecule has 170 valence electrons. The van der Waals surface area contributed by atoms with Gasteiger partial charge in [0.1, 0.15) is 11.3 Å². The molecular weight excluding hydrogens is 412 g/mol. The third-order valence-electron chi connectivity index (χ3n) is 5.69. The minimum Gasteiger partial charge on any atom is -0.493 e. The molecule has 0 radical (unpaired) electrons. The number of hydrogen-bond donors (Lipinski definition) is 1. The van der Waals surface area contributed by atoms with Gasteiger partial charge in [-0.15, -0.1) is 0 Å². The first-order valence-corrected chi connectivity index (χ1v) is 11.3.